The van der Waals surface area contributed by atoms with Crippen LogP contribution >= 0.6 is 0 Å². The van der Waals surface area contributed by atoms with Crippen LogP contribution in [-0.2, 0) is 0 Å². The summed E-state index contributed by atoms with van der Waals surface area (Å²) in [5.41, 5.74) is 0. The third kappa shape index (κ3) is 3.75. The molecule has 0 aromatic carbocycles. The molecule has 0 radical (unpaired) electrons. The average Bonchev–Trinajstić information content (AvgIpc) is 2.61. The van der Waals surface area contributed by atoms with Crippen molar-refractivity contribution < 1.29 is 0 Å². The molecule has 20 heavy (non-hydrogen) atoms. The van der Waals surface area contributed by atoms with E-state index in [0.29, 0.717) is 12.1 Å². The molecule has 2 aliphatic heterocycles. The predicted molar refractivity (Wildman–Crippen MR) is 87.2 cm³/mol. The van der Waals surface area contributed by atoms with Crippen molar-refractivity contribution in [3.05, 3.63) is 0 Å². The number of nitrogens with one attached hydrogen (secondary N) is 1. The summed E-state index contributed by atoms with van der Waals surface area (Å²) in [6, 6.07) is 3.79. The molecule has 0 spiro atoms. The first-order valence-corrected chi connectivity index (χ1v) is 8.77. The van der Waals surface area contributed by atoms with E-state index >= 15 is 0 Å². The van der Waals surface area contributed by atoms with Crippen molar-refractivity contribution in [1.29, 1.82) is 0 Å². The lowest BCUT2D eigenvalue weighted by Crippen LogP contribution is -2.52. The van der Waals surface area contributed by atoms with E-state index in [1.807, 2.05) is 0 Å². The Morgan fingerprint density at radius 1 is 1.05 bits per heavy atom. The molecule has 2 aliphatic rings. The van der Waals surface area contributed by atoms with Gasteiger partial charge < -0.3 is 5.32 Å². The maximum Gasteiger partial charge on any atom is 0.0115 e. The first-order valence-electron chi connectivity index (χ1n) is 8.77. The van der Waals surface area contributed by atoms with Gasteiger partial charge >= 0.3 is 0 Å². The van der Waals surface area contributed by atoms with Gasteiger partial charge in [0.15, 0.2) is 0 Å². The predicted octanol–water partition coefficient (Wildman–Crippen LogP) is 2.71. The molecule has 2 atom stereocenters. The molecule has 2 saturated heterocycles. The fourth-order valence-electron chi connectivity index (χ4n) is 4.44. The third-order valence-corrected chi connectivity index (χ3v) is 5.32. The van der Waals surface area contributed by atoms with Crippen molar-refractivity contribution in [2.75, 3.05) is 19.6 Å². The maximum atomic E-state index is 3.67. The Labute approximate surface area is 126 Å². The van der Waals surface area contributed by atoms with Crippen molar-refractivity contribution in [1.82, 2.24) is 15.1 Å². The highest BCUT2D eigenvalue weighted by molar-refractivity contribution is 4.97. The summed E-state index contributed by atoms with van der Waals surface area (Å²) in [5, 5.41) is 3.67. The zero-order chi connectivity index (χ0) is 14.7. The molecule has 2 unspecified atom stereocenters. The number of nitrogens with zero attached hydrogens (tertiary/aromatic N) is 2. The fourth-order valence-corrected chi connectivity index (χ4v) is 4.44. The molecular formula is C17H35N3. The van der Waals surface area contributed by atoms with Crippen LogP contribution in [0.5, 0.6) is 0 Å². The number of rotatable bonds is 7. The van der Waals surface area contributed by atoms with E-state index in [9.17, 15) is 0 Å². The first-order chi connectivity index (χ1) is 9.52. The van der Waals surface area contributed by atoms with E-state index in [0.717, 1.165) is 24.7 Å². The normalized spacial score (nSPS) is 30.9. The highest BCUT2D eigenvalue weighted by Gasteiger charge is 2.40. The number of hydrogen-bond donors (Lipinski definition) is 1. The number of piperidine rings is 1. The summed E-state index contributed by atoms with van der Waals surface area (Å²) in [7, 11) is 0. The van der Waals surface area contributed by atoms with Gasteiger partial charge in [-0.25, -0.2) is 0 Å². The van der Waals surface area contributed by atoms with E-state index in [2.05, 4.69) is 49.7 Å². The van der Waals surface area contributed by atoms with E-state index in [1.54, 1.807) is 0 Å². The van der Waals surface area contributed by atoms with E-state index < -0.39 is 0 Å². The molecule has 2 rings (SSSR count). The molecular weight excluding hydrogens is 246 g/mol. The highest BCUT2D eigenvalue weighted by Crippen LogP contribution is 2.35. The summed E-state index contributed by atoms with van der Waals surface area (Å²) >= 11 is 0. The van der Waals surface area contributed by atoms with Gasteiger partial charge in [0, 0.05) is 43.3 Å². The molecule has 118 valence electrons. The van der Waals surface area contributed by atoms with Gasteiger partial charge in [0.1, 0.15) is 0 Å². The molecule has 1 N–H and O–H groups in total. The molecule has 2 fully saturated rings. The molecule has 3 heteroatoms. The van der Waals surface area contributed by atoms with Gasteiger partial charge in [-0.15, -0.1) is 0 Å². The van der Waals surface area contributed by atoms with Crippen molar-refractivity contribution >= 4 is 0 Å². The van der Waals surface area contributed by atoms with Crippen LogP contribution in [0.2, 0.25) is 0 Å². The Bertz CT molecular complexity index is 268. The van der Waals surface area contributed by atoms with Crippen LogP contribution in [0, 0.1) is 0 Å². The Balaban J connectivity index is 1.85. The molecule has 0 aliphatic carbocycles. The van der Waals surface area contributed by atoms with Crippen LogP contribution in [0.1, 0.15) is 60.3 Å². The minimum absolute atomic E-state index is 0.659. The molecule has 0 saturated carbocycles. The van der Waals surface area contributed by atoms with Crippen molar-refractivity contribution in [2.45, 2.75) is 90.5 Å². The van der Waals surface area contributed by atoms with Crippen molar-refractivity contribution in [3.8, 4) is 0 Å². The Morgan fingerprint density at radius 2 is 1.60 bits per heavy atom. The smallest absolute Gasteiger partial charge is 0.0115 e. The summed E-state index contributed by atoms with van der Waals surface area (Å²) in [4.78, 5) is 5.46. The molecule has 0 aromatic rings. The zero-order valence-electron chi connectivity index (χ0n) is 14.2. The minimum atomic E-state index is 0.659. The molecule has 2 bridgehead atoms. The van der Waals surface area contributed by atoms with Crippen LogP contribution in [0.3, 0.4) is 0 Å². The Kier molecular flexibility index (Phi) is 5.88. The van der Waals surface area contributed by atoms with Crippen molar-refractivity contribution in [3.63, 3.8) is 0 Å². The lowest BCUT2D eigenvalue weighted by atomic mass is 9.97. The standard InChI is InChI=1S/C17H35N3/c1-6-18-15-11-16-7-8-17(12-15)20(16)10-9-19(13(2)3)14(4)5/h13-18H,6-12H2,1-5H3. The summed E-state index contributed by atoms with van der Waals surface area (Å²) in [6.45, 7) is 15.2. The zero-order valence-corrected chi connectivity index (χ0v) is 14.2. The second kappa shape index (κ2) is 7.24. The monoisotopic (exact) mass is 281 g/mol. The average molecular weight is 281 g/mol. The third-order valence-electron chi connectivity index (χ3n) is 5.32. The number of fused-ring (bicyclic) bond motifs is 2. The topological polar surface area (TPSA) is 18.5 Å². The van der Waals surface area contributed by atoms with Crippen LogP contribution in [0.15, 0.2) is 0 Å². The quantitative estimate of drug-likeness (QED) is 0.774. The highest BCUT2D eigenvalue weighted by atomic mass is 15.3. The summed E-state index contributed by atoms with van der Waals surface area (Å²) in [5.74, 6) is 0. The lowest BCUT2D eigenvalue weighted by Gasteiger charge is -2.41. The van der Waals surface area contributed by atoms with Gasteiger partial charge in [-0.2, -0.15) is 0 Å². The summed E-state index contributed by atoms with van der Waals surface area (Å²) in [6.07, 6.45) is 5.59. The van der Waals surface area contributed by atoms with Crippen LogP contribution < -0.4 is 5.32 Å². The summed E-state index contributed by atoms with van der Waals surface area (Å²) < 4.78 is 0. The fraction of sp³-hybridized carbons (Fsp3) is 1.00. The van der Waals surface area contributed by atoms with E-state index in [-0.39, 0.29) is 0 Å². The SMILES string of the molecule is CCNC1CC2CCC(C1)N2CCN(C(C)C)C(C)C. The van der Waals surface area contributed by atoms with E-state index in [1.165, 1.54) is 38.8 Å². The van der Waals surface area contributed by atoms with Crippen LogP contribution in [-0.4, -0.2) is 59.6 Å². The van der Waals surface area contributed by atoms with E-state index in [4.69, 9.17) is 0 Å². The van der Waals surface area contributed by atoms with Crippen LogP contribution in [0.25, 0.3) is 0 Å². The molecule has 0 amide bonds. The first kappa shape index (κ1) is 16.3. The Morgan fingerprint density at radius 3 is 2.05 bits per heavy atom. The van der Waals surface area contributed by atoms with Crippen LogP contribution in [0.4, 0.5) is 0 Å². The van der Waals surface area contributed by atoms with Gasteiger partial charge in [0.25, 0.3) is 0 Å². The second-order valence-corrected chi connectivity index (χ2v) is 7.27. The lowest BCUT2D eigenvalue weighted by molar-refractivity contribution is 0.0834. The molecule has 3 nitrogen and oxygen atoms in total. The minimum Gasteiger partial charge on any atom is -0.314 e. The van der Waals surface area contributed by atoms with Gasteiger partial charge in [-0.3, -0.25) is 9.80 Å². The Hall–Kier alpha value is -0.120. The van der Waals surface area contributed by atoms with Crippen molar-refractivity contribution in [2.24, 2.45) is 0 Å². The van der Waals surface area contributed by atoms with Gasteiger partial charge in [-0.05, 0) is 59.9 Å². The number of hydrogen-bond acceptors (Lipinski definition) is 3. The molecule has 0 aromatic heterocycles. The molecule has 2 heterocycles. The maximum absolute atomic E-state index is 3.67. The second-order valence-electron chi connectivity index (χ2n) is 7.27. The largest absolute Gasteiger partial charge is 0.314 e. The van der Waals surface area contributed by atoms with Gasteiger partial charge in [0.2, 0.25) is 0 Å². The van der Waals surface area contributed by atoms with Gasteiger partial charge in [0.05, 0.1) is 0 Å². The van der Waals surface area contributed by atoms with Gasteiger partial charge in [-0.1, -0.05) is 6.92 Å².